The molecule has 1 atom stereocenters. The van der Waals surface area contributed by atoms with Crippen molar-refractivity contribution in [2.75, 3.05) is 37.6 Å². The van der Waals surface area contributed by atoms with E-state index < -0.39 is 6.04 Å². The molecule has 3 aliphatic rings. The van der Waals surface area contributed by atoms with Crippen molar-refractivity contribution in [2.45, 2.75) is 31.7 Å². The molecule has 3 heterocycles. The van der Waals surface area contributed by atoms with Crippen LogP contribution in [0.4, 0.5) is 5.69 Å². The fourth-order valence-electron chi connectivity index (χ4n) is 6.24. The number of amides is 2. The maximum atomic E-state index is 14.0. The molecule has 2 aliphatic heterocycles. The number of piperidine rings is 1. The van der Waals surface area contributed by atoms with Gasteiger partial charge in [-0.05, 0) is 42.5 Å². The summed E-state index contributed by atoms with van der Waals surface area (Å²) in [5, 5.41) is 1.50. The van der Waals surface area contributed by atoms with Crippen molar-refractivity contribution in [1.82, 2.24) is 14.8 Å². The van der Waals surface area contributed by atoms with Crippen LogP contribution in [0, 0.1) is 5.41 Å². The quantitative estimate of drug-likeness (QED) is 0.514. The first-order valence-electron chi connectivity index (χ1n) is 13.2. The lowest BCUT2D eigenvalue weighted by Gasteiger charge is -2.49. The van der Waals surface area contributed by atoms with Gasteiger partial charge in [0.25, 0.3) is 5.91 Å². The summed E-state index contributed by atoms with van der Waals surface area (Å²) in [5.74, 6) is -0.175. The van der Waals surface area contributed by atoms with Gasteiger partial charge in [-0.25, -0.2) is 0 Å². The number of hydrogen-bond donors (Lipinski definition) is 1. The van der Waals surface area contributed by atoms with E-state index in [1.807, 2.05) is 21.9 Å². The highest BCUT2D eigenvalue weighted by Crippen LogP contribution is 2.46. The Balaban J connectivity index is 1.31. The minimum Gasteiger partial charge on any atom is -0.367 e. The van der Waals surface area contributed by atoms with E-state index in [0.29, 0.717) is 65.8 Å². The number of anilines is 1. The van der Waals surface area contributed by atoms with Gasteiger partial charge in [-0.15, -0.1) is 0 Å². The van der Waals surface area contributed by atoms with E-state index in [2.05, 4.69) is 4.98 Å². The highest BCUT2D eigenvalue weighted by Gasteiger charge is 2.47. The van der Waals surface area contributed by atoms with Gasteiger partial charge in [-0.3, -0.25) is 19.2 Å². The van der Waals surface area contributed by atoms with Crippen LogP contribution in [0.15, 0.2) is 53.3 Å². The summed E-state index contributed by atoms with van der Waals surface area (Å²) in [5.41, 5.74) is 1.33. The second kappa shape index (κ2) is 9.99. The monoisotopic (exact) mass is 566 g/mol. The Bertz CT molecular complexity index is 1540. The number of nitrogens with zero attached hydrogens (tertiary/aromatic N) is 3. The molecule has 1 spiro atoms. The number of nitrogens with one attached hydrogen (secondary N) is 1. The van der Waals surface area contributed by atoms with Crippen LogP contribution in [0.3, 0.4) is 0 Å². The van der Waals surface area contributed by atoms with Crippen molar-refractivity contribution in [3.63, 3.8) is 0 Å². The van der Waals surface area contributed by atoms with Gasteiger partial charge in [0, 0.05) is 68.2 Å². The molecule has 8 nitrogen and oxygen atoms in total. The number of rotatable bonds is 3. The summed E-state index contributed by atoms with van der Waals surface area (Å²) in [7, 11) is 0. The molecule has 6 rings (SSSR count). The minimum absolute atomic E-state index is 0.0337. The Morgan fingerprint density at radius 3 is 2.36 bits per heavy atom. The molecule has 39 heavy (non-hydrogen) atoms. The fourth-order valence-corrected chi connectivity index (χ4v) is 6.53. The predicted octanol–water partition coefficient (Wildman–Crippen LogP) is 4.14. The third-order valence-electron chi connectivity index (χ3n) is 8.46. The Morgan fingerprint density at radius 2 is 1.64 bits per heavy atom. The van der Waals surface area contributed by atoms with Crippen molar-refractivity contribution >= 4 is 57.4 Å². The smallest absolute Gasteiger partial charge is 0.255 e. The Morgan fingerprint density at radius 1 is 0.897 bits per heavy atom. The summed E-state index contributed by atoms with van der Waals surface area (Å²) in [4.78, 5) is 60.4. The zero-order chi connectivity index (χ0) is 27.3. The van der Waals surface area contributed by atoms with Gasteiger partial charge in [0.2, 0.25) is 11.5 Å². The predicted molar refractivity (Wildman–Crippen MR) is 151 cm³/mol. The van der Waals surface area contributed by atoms with E-state index in [9.17, 15) is 19.2 Å². The first-order valence-corrected chi connectivity index (χ1v) is 13.9. The maximum absolute atomic E-state index is 14.0. The van der Waals surface area contributed by atoms with Crippen LogP contribution in [0.25, 0.3) is 10.9 Å². The normalized spacial score (nSPS) is 20.8. The molecule has 3 fully saturated rings. The van der Waals surface area contributed by atoms with E-state index in [4.69, 9.17) is 23.2 Å². The molecule has 2 amide bonds. The number of piperazine rings is 1. The first kappa shape index (κ1) is 25.9. The van der Waals surface area contributed by atoms with Crippen molar-refractivity contribution in [1.29, 1.82) is 0 Å². The van der Waals surface area contributed by atoms with Gasteiger partial charge in [0.05, 0.1) is 15.6 Å². The number of carbonyl (C=O) groups is 3. The van der Waals surface area contributed by atoms with Crippen molar-refractivity contribution < 1.29 is 14.4 Å². The SMILES string of the molecule is O=C1CC2(CCN(C(=O)C3CN(c4ccc(Cl)c(Cl)c4)CCN3C(=O)c3cc(=O)[nH]c4ccccc34)CC2)C1. The van der Waals surface area contributed by atoms with E-state index in [-0.39, 0.29) is 34.9 Å². The molecule has 2 aromatic carbocycles. The second-order valence-corrected chi connectivity index (χ2v) is 11.7. The largest absolute Gasteiger partial charge is 0.367 e. The molecule has 1 N–H and O–H groups in total. The summed E-state index contributed by atoms with van der Waals surface area (Å²) in [6, 6.07) is 13.1. The number of halogens is 2. The van der Waals surface area contributed by atoms with Crippen LogP contribution in [0.5, 0.6) is 0 Å². The van der Waals surface area contributed by atoms with Gasteiger partial charge in [-0.1, -0.05) is 41.4 Å². The second-order valence-electron chi connectivity index (χ2n) is 10.9. The van der Waals surface area contributed by atoms with Gasteiger partial charge in [0.15, 0.2) is 0 Å². The lowest BCUT2D eigenvalue weighted by atomic mass is 9.62. The Kier molecular flexibility index (Phi) is 6.63. The summed E-state index contributed by atoms with van der Waals surface area (Å²) in [6.45, 7) is 2.18. The third kappa shape index (κ3) is 4.80. The van der Waals surface area contributed by atoms with Crippen molar-refractivity contribution in [3.8, 4) is 0 Å². The van der Waals surface area contributed by atoms with Crippen LogP contribution >= 0.6 is 23.2 Å². The number of para-hydroxylation sites is 1. The lowest BCUT2D eigenvalue weighted by molar-refractivity contribution is -0.143. The molecule has 0 bridgehead atoms. The third-order valence-corrected chi connectivity index (χ3v) is 9.19. The number of likely N-dealkylation sites (tertiary alicyclic amines) is 1. The summed E-state index contributed by atoms with van der Waals surface area (Å²) >= 11 is 12.4. The lowest BCUT2D eigenvalue weighted by Crippen LogP contribution is -2.62. The number of aromatic nitrogens is 1. The number of hydrogen-bond acceptors (Lipinski definition) is 5. The highest BCUT2D eigenvalue weighted by molar-refractivity contribution is 6.42. The van der Waals surface area contributed by atoms with Crippen LogP contribution in [0.2, 0.25) is 10.0 Å². The number of H-pyrrole nitrogens is 1. The molecular formula is C29H28Cl2N4O4. The summed E-state index contributed by atoms with van der Waals surface area (Å²) in [6.07, 6.45) is 2.79. The molecular weight excluding hydrogens is 539 g/mol. The summed E-state index contributed by atoms with van der Waals surface area (Å²) < 4.78 is 0. The number of fused-ring (bicyclic) bond motifs is 1. The van der Waals surface area contributed by atoms with E-state index in [1.165, 1.54) is 6.07 Å². The first-order chi connectivity index (χ1) is 18.7. The zero-order valence-corrected chi connectivity index (χ0v) is 22.8. The topological polar surface area (TPSA) is 93.8 Å². The molecule has 3 aromatic rings. The Labute approximate surface area is 235 Å². The minimum atomic E-state index is -0.754. The molecule has 2 saturated heterocycles. The maximum Gasteiger partial charge on any atom is 0.255 e. The molecule has 202 valence electrons. The van der Waals surface area contributed by atoms with E-state index in [1.54, 1.807) is 35.2 Å². The Hall–Kier alpha value is -3.36. The zero-order valence-electron chi connectivity index (χ0n) is 21.3. The van der Waals surface area contributed by atoms with Crippen molar-refractivity contribution in [2.24, 2.45) is 5.41 Å². The van der Waals surface area contributed by atoms with Crippen LogP contribution in [-0.2, 0) is 9.59 Å². The number of ketones is 1. The molecule has 0 radical (unpaired) electrons. The van der Waals surface area contributed by atoms with Crippen LogP contribution in [-0.4, -0.2) is 71.1 Å². The van der Waals surface area contributed by atoms with E-state index in [0.717, 1.165) is 18.5 Å². The molecule has 1 saturated carbocycles. The number of aromatic amines is 1. The van der Waals surface area contributed by atoms with Crippen LogP contribution in [0.1, 0.15) is 36.0 Å². The molecule has 1 unspecified atom stereocenters. The van der Waals surface area contributed by atoms with Crippen LogP contribution < -0.4 is 10.5 Å². The van der Waals surface area contributed by atoms with Gasteiger partial charge >= 0.3 is 0 Å². The number of benzene rings is 2. The van der Waals surface area contributed by atoms with Gasteiger partial charge < -0.3 is 19.7 Å². The standard InChI is InChI=1S/C29H28Cl2N4O4/c30-22-6-5-18(13-23(22)31)34-11-12-35(27(38)21-14-26(37)32-24-4-2-1-3-20(21)24)25(17-34)28(39)33-9-7-29(8-10-33)15-19(36)16-29/h1-6,13-14,25H,7-12,15-17H2,(H,32,37). The number of pyridine rings is 1. The van der Waals surface area contributed by atoms with E-state index >= 15 is 0 Å². The average molecular weight is 567 g/mol. The number of carbonyl (C=O) groups excluding carboxylic acids is 3. The van der Waals surface area contributed by atoms with Gasteiger partial charge in [-0.2, -0.15) is 0 Å². The van der Waals surface area contributed by atoms with Gasteiger partial charge in [0.1, 0.15) is 11.8 Å². The number of Topliss-reactive ketones (excluding diaryl/α,β-unsaturated/α-hetero) is 1. The highest BCUT2D eigenvalue weighted by atomic mass is 35.5. The average Bonchev–Trinajstić information content (AvgIpc) is 2.92. The molecule has 10 heteroatoms. The van der Waals surface area contributed by atoms with Crippen molar-refractivity contribution in [3.05, 3.63) is 74.5 Å². The molecule has 1 aromatic heterocycles. The molecule has 1 aliphatic carbocycles. The fraction of sp³-hybridized carbons (Fsp3) is 0.379.